The summed E-state index contributed by atoms with van der Waals surface area (Å²) in [6.07, 6.45) is 0.0742. The zero-order valence-electron chi connectivity index (χ0n) is 13.6. The van der Waals surface area contributed by atoms with Gasteiger partial charge in [-0.05, 0) is 42.5 Å². The minimum atomic E-state index is -0.735. The molecule has 0 heterocycles. The molecular weight excluding hydrogens is 361 g/mol. The molecule has 0 bridgehead atoms. The van der Waals surface area contributed by atoms with Gasteiger partial charge in [-0.25, -0.2) is 9.18 Å². The molecule has 0 unspecified atom stereocenters. The van der Waals surface area contributed by atoms with Crippen molar-refractivity contribution in [3.8, 4) is 6.07 Å². The van der Waals surface area contributed by atoms with E-state index >= 15 is 0 Å². The van der Waals surface area contributed by atoms with Crippen molar-refractivity contribution < 1.29 is 18.7 Å². The molecule has 0 saturated carbocycles. The van der Waals surface area contributed by atoms with Gasteiger partial charge in [0.25, 0.3) is 5.91 Å². The molecule has 8 heteroatoms. The molecule has 0 fully saturated rings. The van der Waals surface area contributed by atoms with Crippen molar-refractivity contribution in [1.29, 1.82) is 5.26 Å². The molecule has 2 aromatic rings. The van der Waals surface area contributed by atoms with E-state index < -0.39 is 24.3 Å². The Balaban J connectivity index is 2.06. The minimum absolute atomic E-state index is 0.0742. The van der Waals surface area contributed by atoms with Gasteiger partial charge >= 0.3 is 5.97 Å². The normalized spacial score (nSPS) is 10.0. The fourth-order valence-corrected chi connectivity index (χ4v) is 2.26. The molecule has 0 saturated heterocycles. The number of benzene rings is 2. The van der Waals surface area contributed by atoms with Gasteiger partial charge in [0.1, 0.15) is 5.82 Å². The highest BCUT2D eigenvalue weighted by atomic mass is 35.5. The van der Waals surface area contributed by atoms with Crippen molar-refractivity contribution in [2.45, 2.75) is 6.42 Å². The highest BCUT2D eigenvalue weighted by molar-refractivity contribution is 6.33. The summed E-state index contributed by atoms with van der Waals surface area (Å²) in [5.41, 5.74) is 6.41. The van der Waals surface area contributed by atoms with Crippen molar-refractivity contribution in [3.05, 3.63) is 58.9 Å². The molecule has 0 aliphatic carbocycles. The van der Waals surface area contributed by atoms with Gasteiger partial charge in [-0.15, -0.1) is 0 Å². The maximum absolute atomic E-state index is 13.1. The van der Waals surface area contributed by atoms with Crippen LogP contribution < -0.4 is 10.6 Å². The van der Waals surface area contributed by atoms with Gasteiger partial charge in [0.05, 0.1) is 28.8 Å². The lowest BCUT2D eigenvalue weighted by atomic mass is 10.2. The van der Waals surface area contributed by atoms with Crippen LogP contribution in [0.5, 0.6) is 0 Å². The number of carbonyl (C=O) groups is 2. The van der Waals surface area contributed by atoms with Crippen molar-refractivity contribution in [2.75, 3.05) is 23.8 Å². The summed E-state index contributed by atoms with van der Waals surface area (Å²) < 4.78 is 18.1. The molecule has 2 N–H and O–H groups in total. The fourth-order valence-electron chi connectivity index (χ4n) is 2.14. The number of esters is 1. The van der Waals surface area contributed by atoms with Gasteiger partial charge < -0.3 is 15.4 Å². The summed E-state index contributed by atoms with van der Waals surface area (Å²) in [4.78, 5) is 25.7. The number of carbonyl (C=O) groups excluding carboxylic acids is 2. The number of halogens is 2. The van der Waals surface area contributed by atoms with Crippen LogP contribution in [0, 0.1) is 17.1 Å². The first kappa shape index (κ1) is 19.2. The van der Waals surface area contributed by atoms with Gasteiger partial charge in [0.2, 0.25) is 0 Å². The third kappa shape index (κ3) is 4.94. The third-order valence-corrected chi connectivity index (χ3v) is 3.79. The Morgan fingerprint density at radius 3 is 2.54 bits per heavy atom. The van der Waals surface area contributed by atoms with Crippen LogP contribution in [-0.2, 0) is 9.53 Å². The van der Waals surface area contributed by atoms with Gasteiger partial charge in [0.15, 0.2) is 6.61 Å². The smallest absolute Gasteiger partial charge is 0.338 e. The van der Waals surface area contributed by atoms with E-state index in [2.05, 4.69) is 0 Å². The van der Waals surface area contributed by atoms with Crippen LogP contribution in [-0.4, -0.2) is 25.0 Å². The SMILES string of the molecule is N#CCCN(C(=O)COC(=O)c1ccc(Cl)c(N)c1)c1ccc(F)cc1. The van der Waals surface area contributed by atoms with E-state index in [-0.39, 0.29) is 24.2 Å². The van der Waals surface area contributed by atoms with E-state index in [0.717, 1.165) is 0 Å². The van der Waals surface area contributed by atoms with Gasteiger partial charge in [-0.3, -0.25) is 4.79 Å². The molecular formula is C18H15ClFN3O3. The van der Waals surface area contributed by atoms with Crippen LogP contribution in [0.15, 0.2) is 42.5 Å². The van der Waals surface area contributed by atoms with Crippen LogP contribution in [0.3, 0.4) is 0 Å². The Bertz CT molecular complexity index is 850. The summed E-state index contributed by atoms with van der Waals surface area (Å²) in [5.74, 6) is -1.73. The van der Waals surface area contributed by atoms with Crippen LogP contribution in [0.2, 0.25) is 5.02 Å². The molecule has 134 valence electrons. The number of ether oxygens (including phenoxy) is 1. The maximum atomic E-state index is 13.1. The second-order valence-electron chi connectivity index (χ2n) is 5.24. The molecule has 26 heavy (non-hydrogen) atoms. The molecule has 2 rings (SSSR count). The van der Waals surface area contributed by atoms with Gasteiger partial charge in [-0.2, -0.15) is 5.26 Å². The number of hydrogen-bond donors (Lipinski definition) is 1. The Kier molecular flexibility index (Phi) is 6.53. The average molecular weight is 376 g/mol. The van der Waals surface area contributed by atoms with Crippen LogP contribution in [0.25, 0.3) is 0 Å². The predicted molar refractivity (Wildman–Crippen MR) is 95.1 cm³/mol. The van der Waals surface area contributed by atoms with Crippen molar-refractivity contribution in [3.63, 3.8) is 0 Å². The summed E-state index contributed by atoms with van der Waals surface area (Å²) in [7, 11) is 0. The van der Waals surface area contributed by atoms with Crippen LogP contribution >= 0.6 is 11.6 Å². The lowest BCUT2D eigenvalue weighted by molar-refractivity contribution is -0.121. The Morgan fingerprint density at radius 1 is 1.23 bits per heavy atom. The second kappa shape index (κ2) is 8.83. The molecule has 0 radical (unpaired) electrons. The molecule has 6 nitrogen and oxygen atoms in total. The van der Waals surface area contributed by atoms with Crippen molar-refractivity contribution in [2.24, 2.45) is 0 Å². The van der Waals surface area contributed by atoms with Gasteiger partial charge in [-0.1, -0.05) is 11.6 Å². The van der Waals surface area contributed by atoms with E-state index in [4.69, 9.17) is 27.3 Å². The Labute approximate surface area is 154 Å². The summed E-state index contributed by atoms with van der Waals surface area (Å²) in [5, 5.41) is 9.05. The first-order chi connectivity index (χ1) is 12.4. The average Bonchev–Trinajstić information content (AvgIpc) is 2.63. The first-order valence-corrected chi connectivity index (χ1v) is 7.95. The monoisotopic (exact) mass is 375 g/mol. The second-order valence-corrected chi connectivity index (χ2v) is 5.65. The number of nitrogens with zero attached hydrogens (tertiary/aromatic N) is 2. The summed E-state index contributed by atoms with van der Waals surface area (Å²) in [6, 6.07) is 11.4. The molecule has 0 atom stereocenters. The molecule has 0 aliphatic heterocycles. The van der Waals surface area contributed by atoms with Crippen LogP contribution in [0.1, 0.15) is 16.8 Å². The van der Waals surface area contributed by atoms with Crippen molar-refractivity contribution in [1.82, 2.24) is 0 Å². The van der Waals surface area contributed by atoms with E-state index in [1.165, 1.54) is 47.4 Å². The highest BCUT2D eigenvalue weighted by Gasteiger charge is 2.18. The minimum Gasteiger partial charge on any atom is -0.452 e. The Morgan fingerprint density at radius 2 is 1.92 bits per heavy atom. The predicted octanol–water partition coefficient (Wildman–Crippen LogP) is 3.16. The third-order valence-electron chi connectivity index (χ3n) is 3.45. The van der Waals surface area contributed by atoms with Crippen molar-refractivity contribution >= 4 is 34.9 Å². The largest absolute Gasteiger partial charge is 0.452 e. The number of amides is 1. The lowest BCUT2D eigenvalue weighted by Gasteiger charge is -2.21. The van der Waals surface area contributed by atoms with E-state index in [0.29, 0.717) is 10.7 Å². The fraction of sp³-hybridized carbons (Fsp3) is 0.167. The Hall–Kier alpha value is -3.11. The van der Waals surface area contributed by atoms with E-state index in [1.54, 1.807) is 0 Å². The summed E-state index contributed by atoms with van der Waals surface area (Å²) in [6.45, 7) is -0.448. The quantitative estimate of drug-likeness (QED) is 0.618. The maximum Gasteiger partial charge on any atom is 0.338 e. The molecule has 2 aromatic carbocycles. The number of anilines is 2. The lowest BCUT2D eigenvalue weighted by Crippen LogP contribution is -2.35. The number of hydrogen-bond acceptors (Lipinski definition) is 5. The summed E-state index contributed by atoms with van der Waals surface area (Å²) >= 11 is 5.79. The number of rotatable bonds is 6. The zero-order chi connectivity index (χ0) is 19.1. The number of nitrogen functional groups attached to an aromatic ring is 1. The molecule has 0 spiro atoms. The van der Waals surface area contributed by atoms with Gasteiger partial charge in [0, 0.05) is 12.2 Å². The molecule has 0 aliphatic rings. The van der Waals surface area contributed by atoms with Crippen LogP contribution in [0.4, 0.5) is 15.8 Å². The number of nitriles is 1. The highest BCUT2D eigenvalue weighted by Crippen LogP contribution is 2.20. The standard InChI is InChI=1S/C18H15ClFN3O3/c19-15-7-2-12(10-16(15)22)18(25)26-11-17(24)23(9-1-8-21)14-5-3-13(20)4-6-14/h2-7,10H,1,9,11,22H2. The molecule has 0 aromatic heterocycles. The van der Waals surface area contributed by atoms with E-state index in [1.807, 2.05) is 6.07 Å². The first-order valence-electron chi connectivity index (χ1n) is 7.57. The number of nitrogens with two attached hydrogens (primary N) is 1. The van der Waals surface area contributed by atoms with E-state index in [9.17, 15) is 14.0 Å². The molecule has 1 amide bonds. The topological polar surface area (TPSA) is 96.4 Å². The zero-order valence-corrected chi connectivity index (χ0v) is 14.4.